The largest absolute Gasteiger partial charge is 0.454 e. The first-order valence-corrected chi connectivity index (χ1v) is 8.90. The molecule has 6 heteroatoms. The Hall–Kier alpha value is -2.57. The minimum absolute atomic E-state index is 0.0339. The van der Waals surface area contributed by atoms with Crippen molar-refractivity contribution >= 4 is 11.6 Å². The maximum Gasteiger partial charge on any atom is 0.238 e. The number of fused-ring (bicyclic) bond motifs is 1. The van der Waals surface area contributed by atoms with E-state index in [2.05, 4.69) is 34.5 Å². The van der Waals surface area contributed by atoms with Crippen molar-refractivity contribution in [2.45, 2.75) is 5.92 Å². The molecule has 2 heterocycles. The van der Waals surface area contributed by atoms with Crippen molar-refractivity contribution in [2.24, 2.45) is 11.7 Å². The molecule has 0 aromatic heterocycles. The highest BCUT2D eigenvalue weighted by molar-refractivity contribution is 5.92. The van der Waals surface area contributed by atoms with E-state index in [1.807, 2.05) is 18.2 Å². The normalized spacial score (nSPS) is 21.7. The molecule has 2 atom stereocenters. The third-order valence-corrected chi connectivity index (χ3v) is 5.07. The number of benzene rings is 2. The molecule has 2 aromatic rings. The standard InChI is InChI=1S/C20H23N3O3/c21-9-15-10-23(11-17(15)14-4-2-1-3-5-14)12-20(24)22-16-6-7-18-19(8-16)26-13-25-18/h1-8,15,17H,9-13,21H2,(H,22,24)/t15-,17+/m1/s1. The van der Waals surface area contributed by atoms with Gasteiger partial charge in [-0.2, -0.15) is 0 Å². The summed E-state index contributed by atoms with van der Waals surface area (Å²) in [7, 11) is 0. The quantitative estimate of drug-likeness (QED) is 0.860. The number of rotatable bonds is 5. The van der Waals surface area contributed by atoms with Crippen LogP contribution in [0.15, 0.2) is 48.5 Å². The number of anilines is 1. The zero-order chi connectivity index (χ0) is 17.9. The lowest BCUT2D eigenvalue weighted by atomic mass is 9.89. The molecule has 0 radical (unpaired) electrons. The van der Waals surface area contributed by atoms with Gasteiger partial charge in [0.25, 0.3) is 0 Å². The Kier molecular flexibility index (Phi) is 4.77. The van der Waals surface area contributed by atoms with E-state index in [0.717, 1.165) is 13.1 Å². The number of carbonyl (C=O) groups excluding carboxylic acids is 1. The van der Waals surface area contributed by atoms with E-state index in [4.69, 9.17) is 15.2 Å². The molecule has 1 amide bonds. The lowest BCUT2D eigenvalue weighted by Gasteiger charge is -2.16. The molecule has 2 aliphatic rings. The number of hydrogen-bond acceptors (Lipinski definition) is 5. The van der Waals surface area contributed by atoms with E-state index in [9.17, 15) is 4.79 Å². The van der Waals surface area contributed by atoms with Gasteiger partial charge in [-0.25, -0.2) is 0 Å². The van der Waals surface area contributed by atoms with Crippen LogP contribution < -0.4 is 20.5 Å². The molecule has 0 bridgehead atoms. The van der Waals surface area contributed by atoms with Gasteiger partial charge < -0.3 is 20.5 Å². The average molecular weight is 353 g/mol. The van der Waals surface area contributed by atoms with Gasteiger partial charge in [0.15, 0.2) is 11.5 Å². The van der Waals surface area contributed by atoms with Crippen LogP contribution in [0.1, 0.15) is 11.5 Å². The number of nitrogens with two attached hydrogens (primary N) is 1. The van der Waals surface area contributed by atoms with E-state index in [0.29, 0.717) is 42.1 Å². The molecule has 26 heavy (non-hydrogen) atoms. The number of likely N-dealkylation sites (tertiary alicyclic amines) is 1. The summed E-state index contributed by atoms with van der Waals surface area (Å²) in [5.74, 6) is 2.08. The summed E-state index contributed by atoms with van der Waals surface area (Å²) in [5.41, 5.74) is 7.99. The Labute approximate surface area is 152 Å². The summed E-state index contributed by atoms with van der Waals surface area (Å²) >= 11 is 0. The van der Waals surface area contributed by atoms with Crippen molar-refractivity contribution in [2.75, 3.05) is 38.3 Å². The maximum atomic E-state index is 12.5. The molecule has 2 aliphatic heterocycles. The molecule has 0 saturated carbocycles. The van der Waals surface area contributed by atoms with Crippen LogP contribution in [0.5, 0.6) is 11.5 Å². The second kappa shape index (κ2) is 7.35. The molecule has 136 valence electrons. The van der Waals surface area contributed by atoms with Crippen molar-refractivity contribution in [1.82, 2.24) is 4.90 Å². The molecule has 1 fully saturated rings. The first-order chi connectivity index (χ1) is 12.7. The SMILES string of the molecule is NC[C@@H]1CN(CC(=O)Nc2ccc3c(c2)OCO3)C[C@H]1c1ccccc1. The molecule has 0 unspecified atom stereocenters. The molecule has 1 saturated heterocycles. The minimum atomic E-state index is -0.0339. The van der Waals surface area contributed by atoms with Crippen LogP contribution >= 0.6 is 0 Å². The first-order valence-electron chi connectivity index (χ1n) is 8.90. The van der Waals surface area contributed by atoms with E-state index < -0.39 is 0 Å². The van der Waals surface area contributed by atoms with Crippen LogP contribution in [0, 0.1) is 5.92 Å². The number of carbonyl (C=O) groups is 1. The van der Waals surface area contributed by atoms with Gasteiger partial charge in [0.1, 0.15) is 0 Å². The number of ether oxygens (including phenoxy) is 2. The van der Waals surface area contributed by atoms with Crippen LogP contribution in [-0.2, 0) is 4.79 Å². The summed E-state index contributed by atoms with van der Waals surface area (Å²) in [6, 6.07) is 15.8. The Bertz CT molecular complexity index is 781. The Morgan fingerprint density at radius 3 is 2.73 bits per heavy atom. The van der Waals surface area contributed by atoms with Gasteiger partial charge in [0, 0.05) is 30.8 Å². The van der Waals surface area contributed by atoms with Crippen LogP contribution in [-0.4, -0.2) is 43.8 Å². The average Bonchev–Trinajstić information content (AvgIpc) is 3.28. The fourth-order valence-electron chi connectivity index (χ4n) is 3.78. The predicted octanol–water partition coefficient (Wildman–Crippen LogP) is 2.03. The third kappa shape index (κ3) is 3.52. The zero-order valence-electron chi connectivity index (χ0n) is 14.6. The van der Waals surface area contributed by atoms with Crippen molar-refractivity contribution in [3.8, 4) is 11.5 Å². The van der Waals surface area contributed by atoms with Crippen LogP contribution in [0.4, 0.5) is 5.69 Å². The van der Waals surface area contributed by atoms with Crippen molar-refractivity contribution < 1.29 is 14.3 Å². The smallest absolute Gasteiger partial charge is 0.238 e. The van der Waals surface area contributed by atoms with E-state index in [-0.39, 0.29) is 12.7 Å². The Balaban J connectivity index is 1.37. The van der Waals surface area contributed by atoms with Gasteiger partial charge in [-0.15, -0.1) is 0 Å². The van der Waals surface area contributed by atoms with Crippen molar-refractivity contribution in [1.29, 1.82) is 0 Å². The van der Waals surface area contributed by atoms with Crippen LogP contribution in [0.25, 0.3) is 0 Å². The number of nitrogens with zero attached hydrogens (tertiary/aromatic N) is 1. The fourth-order valence-corrected chi connectivity index (χ4v) is 3.78. The second-order valence-corrected chi connectivity index (χ2v) is 6.82. The highest BCUT2D eigenvalue weighted by atomic mass is 16.7. The molecule has 4 rings (SSSR count). The predicted molar refractivity (Wildman–Crippen MR) is 99.4 cm³/mol. The summed E-state index contributed by atoms with van der Waals surface area (Å²) in [4.78, 5) is 14.6. The monoisotopic (exact) mass is 353 g/mol. The van der Waals surface area contributed by atoms with Gasteiger partial charge in [0.05, 0.1) is 6.54 Å². The lowest BCUT2D eigenvalue weighted by molar-refractivity contribution is -0.117. The summed E-state index contributed by atoms with van der Waals surface area (Å²) in [6.07, 6.45) is 0. The third-order valence-electron chi connectivity index (χ3n) is 5.07. The Morgan fingerprint density at radius 1 is 1.12 bits per heavy atom. The summed E-state index contributed by atoms with van der Waals surface area (Å²) < 4.78 is 10.6. The van der Waals surface area contributed by atoms with Crippen LogP contribution in [0.2, 0.25) is 0 Å². The van der Waals surface area contributed by atoms with Gasteiger partial charge in [-0.3, -0.25) is 9.69 Å². The zero-order valence-corrected chi connectivity index (χ0v) is 14.6. The molecule has 0 aliphatic carbocycles. The highest BCUT2D eigenvalue weighted by Crippen LogP contribution is 2.34. The summed E-state index contributed by atoms with van der Waals surface area (Å²) in [6.45, 7) is 2.89. The molecular weight excluding hydrogens is 330 g/mol. The van der Waals surface area contributed by atoms with Gasteiger partial charge >= 0.3 is 0 Å². The number of hydrogen-bond donors (Lipinski definition) is 2. The van der Waals surface area contributed by atoms with Crippen molar-refractivity contribution in [3.05, 3.63) is 54.1 Å². The topological polar surface area (TPSA) is 76.8 Å². The summed E-state index contributed by atoms with van der Waals surface area (Å²) in [5, 5.41) is 2.94. The van der Waals surface area contributed by atoms with Crippen LogP contribution in [0.3, 0.4) is 0 Å². The minimum Gasteiger partial charge on any atom is -0.454 e. The Morgan fingerprint density at radius 2 is 1.92 bits per heavy atom. The molecule has 6 nitrogen and oxygen atoms in total. The van der Waals surface area contributed by atoms with Gasteiger partial charge in [-0.05, 0) is 30.2 Å². The van der Waals surface area contributed by atoms with E-state index in [1.165, 1.54) is 5.56 Å². The highest BCUT2D eigenvalue weighted by Gasteiger charge is 2.33. The number of amides is 1. The molecule has 0 spiro atoms. The molecule has 3 N–H and O–H groups in total. The molecular formula is C20H23N3O3. The van der Waals surface area contributed by atoms with Crippen molar-refractivity contribution in [3.63, 3.8) is 0 Å². The van der Waals surface area contributed by atoms with E-state index in [1.54, 1.807) is 6.07 Å². The van der Waals surface area contributed by atoms with Gasteiger partial charge in [-0.1, -0.05) is 30.3 Å². The maximum absolute atomic E-state index is 12.5. The first kappa shape index (κ1) is 16.9. The molecule has 2 aromatic carbocycles. The lowest BCUT2D eigenvalue weighted by Crippen LogP contribution is -2.32. The number of nitrogens with one attached hydrogen (secondary N) is 1. The second-order valence-electron chi connectivity index (χ2n) is 6.82. The fraction of sp³-hybridized carbons (Fsp3) is 0.350. The van der Waals surface area contributed by atoms with Gasteiger partial charge in [0.2, 0.25) is 12.7 Å². The van der Waals surface area contributed by atoms with E-state index >= 15 is 0 Å².